The standard InChI is InChI=1S/C15H25NS/c1-10-9-11(2)17-14(10)13(16-5)12-7-6-8-15(12,3)4/h9,12-13,16H,6-8H2,1-5H3. The molecule has 17 heavy (non-hydrogen) atoms. The maximum atomic E-state index is 3.58. The number of hydrogen-bond donors (Lipinski definition) is 1. The van der Waals surface area contributed by atoms with Gasteiger partial charge in [-0.05, 0) is 56.7 Å². The van der Waals surface area contributed by atoms with Crippen LogP contribution in [0.4, 0.5) is 0 Å². The summed E-state index contributed by atoms with van der Waals surface area (Å²) in [6, 6.07) is 2.87. The van der Waals surface area contributed by atoms with Crippen molar-refractivity contribution in [1.29, 1.82) is 0 Å². The van der Waals surface area contributed by atoms with E-state index in [0.717, 1.165) is 5.92 Å². The molecule has 2 atom stereocenters. The van der Waals surface area contributed by atoms with Crippen LogP contribution in [0.15, 0.2) is 6.07 Å². The highest BCUT2D eigenvalue weighted by Crippen LogP contribution is 2.50. The second-order valence-corrected chi connectivity index (χ2v) is 7.45. The van der Waals surface area contributed by atoms with Gasteiger partial charge in [0.2, 0.25) is 0 Å². The van der Waals surface area contributed by atoms with Gasteiger partial charge in [0, 0.05) is 15.8 Å². The Labute approximate surface area is 110 Å². The van der Waals surface area contributed by atoms with Crippen LogP contribution in [0, 0.1) is 25.2 Å². The van der Waals surface area contributed by atoms with Crippen molar-refractivity contribution in [2.75, 3.05) is 7.05 Å². The molecule has 1 aliphatic rings. The molecule has 1 N–H and O–H groups in total. The minimum absolute atomic E-state index is 0.484. The van der Waals surface area contributed by atoms with Gasteiger partial charge in [0.25, 0.3) is 0 Å². The van der Waals surface area contributed by atoms with E-state index < -0.39 is 0 Å². The molecule has 1 aromatic heterocycles. The summed E-state index contributed by atoms with van der Waals surface area (Å²) in [5, 5.41) is 3.58. The molecule has 1 heterocycles. The Balaban J connectivity index is 2.31. The summed E-state index contributed by atoms with van der Waals surface area (Å²) in [4.78, 5) is 3.00. The monoisotopic (exact) mass is 251 g/mol. The Kier molecular flexibility index (Phi) is 3.65. The Morgan fingerprint density at radius 3 is 2.53 bits per heavy atom. The molecule has 1 aliphatic carbocycles. The highest BCUT2D eigenvalue weighted by atomic mass is 32.1. The number of rotatable bonds is 3. The SMILES string of the molecule is CNC(c1sc(C)cc1C)C1CCCC1(C)C. The van der Waals surface area contributed by atoms with Gasteiger partial charge in [-0.15, -0.1) is 11.3 Å². The molecule has 2 heteroatoms. The van der Waals surface area contributed by atoms with E-state index in [1.54, 1.807) is 4.88 Å². The summed E-state index contributed by atoms with van der Waals surface area (Å²) in [5.41, 5.74) is 1.95. The lowest BCUT2D eigenvalue weighted by molar-refractivity contribution is 0.205. The van der Waals surface area contributed by atoms with Crippen LogP contribution in [0.1, 0.15) is 54.5 Å². The van der Waals surface area contributed by atoms with Gasteiger partial charge in [-0.3, -0.25) is 0 Å². The predicted octanol–water partition coefficient (Wildman–Crippen LogP) is 4.45. The van der Waals surface area contributed by atoms with Gasteiger partial charge in [0.1, 0.15) is 0 Å². The number of aryl methyl sites for hydroxylation is 2. The van der Waals surface area contributed by atoms with E-state index in [4.69, 9.17) is 0 Å². The maximum absolute atomic E-state index is 3.58. The zero-order chi connectivity index (χ0) is 12.6. The molecule has 0 bridgehead atoms. The molecular weight excluding hydrogens is 226 g/mol. The molecule has 2 unspecified atom stereocenters. The van der Waals surface area contributed by atoms with Crippen molar-refractivity contribution in [1.82, 2.24) is 5.32 Å². The van der Waals surface area contributed by atoms with Crippen LogP contribution in [0.25, 0.3) is 0 Å². The van der Waals surface area contributed by atoms with Gasteiger partial charge in [-0.1, -0.05) is 20.3 Å². The van der Waals surface area contributed by atoms with E-state index in [-0.39, 0.29) is 0 Å². The molecule has 0 aromatic carbocycles. The second-order valence-electron chi connectivity index (χ2n) is 6.16. The van der Waals surface area contributed by atoms with Crippen molar-refractivity contribution >= 4 is 11.3 Å². The Bertz CT molecular complexity index is 392. The van der Waals surface area contributed by atoms with Crippen LogP contribution >= 0.6 is 11.3 Å². The van der Waals surface area contributed by atoms with Crippen LogP contribution in [-0.2, 0) is 0 Å². The normalized spacial score (nSPS) is 25.1. The molecule has 1 saturated carbocycles. The second kappa shape index (κ2) is 4.74. The topological polar surface area (TPSA) is 12.0 Å². The first-order valence-corrected chi connectivity index (χ1v) is 7.51. The first-order valence-electron chi connectivity index (χ1n) is 6.70. The molecule has 1 fully saturated rings. The predicted molar refractivity (Wildman–Crippen MR) is 76.7 cm³/mol. The van der Waals surface area contributed by atoms with E-state index >= 15 is 0 Å². The third-order valence-corrected chi connectivity index (χ3v) is 5.65. The van der Waals surface area contributed by atoms with Gasteiger partial charge in [0.15, 0.2) is 0 Å². The molecule has 0 amide bonds. The Morgan fingerprint density at radius 2 is 2.12 bits per heavy atom. The van der Waals surface area contributed by atoms with Gasteiger partial charge in [-0.25, -0.2) is 0 Å². The first-order chi connectivity index (χ1) is 7.95. The van der Waals surface area contributed by atoms with Crippen LogP contribution in [0.2, 0.25) is 0 Å². The average molecular weight is 251 g/mol. The third-order valence-electron chi connectivity index (χ3n) is 4.42. The van der Waals surface area contributed by atoms with Gasteiger partial charge < -0.3 is 5.32 Å². The summed E-state index contributed by atoms with van der Waals surface area (Å²) < 4.78 is 0. The van der Waals surface area contributed by atoms with Crippen molar-refractivity contribution in [2.24, 2.45) is 11.3 Å². The fourth-order valence-electron chi connectivity index (χ4n) is 3.45. The molecule has 0 aliphatic heterocycles. The zero-order valence-corrected chi connectivity index (χ0v) is 12.6. The summed E-state index contributed by atoms with van der Waals surface area (Å²) in [6.45, 7) is 9.34. The van der Waals surface area contributed by atoms with E-state index in [1.165, 1.54) is 29.7 Å². The molecule has 0 radical (unpaired) electrons. The van der Waals surface area contributed by atoms with Crippen molar-refractivity contribution in [2.45, 2.75) is 53.0 Å². The molecule has 96 valence electrons. The van der Waals surface area contributed by atoms with Crippen molar-refractivity contribution in [3.05, 3.63) is 21.4 Å². The lowest BCUT2D eigenvalue weighted by Gasteiger charge is -2.34. The zero-order valence-electron chi connectivity index (χ0n) is 11.8. The average Bonchev–Trinajstić information content (AvgIpc) is 2.73. The van der Waals surface area contributed by atoms with E-state index in [1.807, 2.05) is 11.3 Å². The summed E-state index contributed by atoms with van der Waals surface area (Å²) in [7, 11) is 2.12. The molecule has 2 rings (SSSR count). The first kappa shape index (κ1) is 13.1. The smallest absolute Gasteiger partial charge is 0.0448 e. The summed E-state index contributed by atoms with van der Waals surface area (Å²) in [5.74, 6) is 0.782. The van der Waals surface area contributed by atoms with E-state index in [0.29, 0.717) is 11.5 Å². The van der Waals surface area contributed by atoms with Crippen LogP contribution in [0.3, 0.4) is 0 Å². The molecule has 1 nitrogen and oxygen atoms in total. The Morgan fingerprint density at radius 1 is 1.41 bits per heavy atom. The Hall–Kier alpha value is -0.340. The lowest BCUT2D eigenvalue weighted by atomic mass is 9.76. The van der Waals surface area contributed by atoms with Gasteiger partial charge in [-0.2, -0.15) is 0 Å². The highest BCUT2D eigenvalue weighted by Gasteiger charge is 2.40. The third kappa shape index (κ3) is 2.43. The number of hydrogen-bond acceptors (Lipinski definition) is 2. The van der Waals surface area contributed by atoms with Crippen molar-refractivity contribution in [3.63, 3.8) is 0 Å². The van der Waals surface area contributed by atoms with Crippen molar-refractivity contribution in [3.8, 4) is 0 Å². The fraction of sp³-hybridized carbons (Fsp3) is 0.733. The maximum Gasteiger partial charge on any atom is 0.0448 e. The minimum Gasteiger partial charge on any atom is -0.312 e. The van der Waals surface area contributed by atoms with Gasteiger partial charge in [0.05, 0.1) is 0 Å². The summed E-state index contributed by atoms with van der Waals surface area (Å²) in [6.07, 6.45) is 4.13. The van der Waals surface area contributed by atoms with Crippen LogP contribution < -0.4 is 5.32 Å². The minimum atomic E-state index is 0.484. The largest absolute Gasteiger partial charge is 0.312 e. The van der Waals surface area contributed by atoms with Crippen LogP contribution in [0.5, 0.6) is 0 Å². The van der Waals surface area contributed by atoms with E-state index in [2.05, 4.69) is 46.1 Å². The molecule has 0 spiro atoms. The lowest BCUT2D eigenvalue weighted by Crippen LogP contribution is -2.31. The van der Waals surface area contributed by atoms with Crippen LogP contribution in [-0.4, -0.2) is 7.05 Å². The fourth-order valence-corrected chi connectivity index (χ4v) is 4.67. The van der Waals surface area contributed by atoms with E-state index in [9.17, 15) is 0 Å². The van der Waals surface area contributed by atoms with Gasteiger partial charge >= 0.3 is 0 Å². The summed E-state index contributed by atoms with van der Waals surface area (Å²) >= 11 is 1.97. The molecule has 1 aromatic rings. The number of nitrogens with one attached hydrogen (secondary N) is 1. The quantitative estimate of drug-likeness (QED) is 0.837. The molecular formula is C15H25NS. The van der Waals surface area contributed by atoms with Crippen molar-refractivity contribution < 1.29 is 0 Å². The number of thiophene rings is 1. The highest BCUT2D eigenvalue weighted by molar-refractivity contribution is 7.12. The molecule has 0 saturated heterocycles.